The van der Waals surface area contributed by atoms with Gasteiger partial charge in [-0.2, -0.15) is 13.2 Å². The number of carbonyl (C=O) groups is 4. The molecule has 186 valence electrons. The van der Waals surface area contributed by atoms with Gasteiger partial charge in [0.15, 0.2) is 6.61 Å². The van der Waals surface area contributed by atoms with Crippen molar-refractivity contribution in [1.82, 2.24) is 9.88 Å². The number of ketones is 1. The Morgan fingerprint density at radius 3 is 1.91 bits per heavy atom. The van der Waals surface area contributed by atoms with E-state index in [0.717, 1.165) is 18.8 Å². The van der Waals surface area contributed by atoms with Crippen molar-refractivity contribution in [2.75, 3.05) is 20.8 Å². The number of hydrogen-bond donors (Lipinski definition) is 1. The fourth-order valence-electron chi connectivity index (χ4n) is 3.79. The van der Waals surface area contributed by atoms with E-state index in [-0.39, 0.29) is 39.5 Å². The number of esters is 3. The predicted molar refractivity (Wildman–Crippen MR) is 111 cm³/mol. The molecule has 1 aromatic rings. The fourth-order valence-corrected chi connectivity index (χ4v) is 3.79. The molecule has 2 heterocycles. The van der Waals surface area contributed by atoms with E-state index in [4.69, 9.17) is 14.2 Å². The second kappa shape index (κ2) is 10.1. The van der Waals surface area contributed by atoms with E-state index in [0.29, 0.717) is 0 Å². The number of nitrogens with one attached hydrogen (secondary N) is 1. The van der Waals surface area contributed by atoms with Gasteiger partial charge in [0.2, 0.25) is 5.78 Å². The van der Waals surface area contributed by atoms with E-state index in [2.05, 4.69) is 5.32 Å². The highest BCUT2D eigenvalue weighted by molar-refractivity contribution is 6.06. The molecule has 0 aliphatic carbocycles. The van der Waals surface area contributed by atoms with E-state index < -0.39 is 48.9 Å². The third kappa shape index (κ3) is 5.49. The molecule has 34 heavy (non-hydrogen) atoms. The summed E-state index contributed by atoms with van der Waals surface area (Å²) in [7, 11) is 2.18. The van der Waals surface area contributed by atoms with Gasteiger partial charge in [-0.05, 0) is 33.8 Å². The minimum Gasteiger partial charge on any atom is -0.466 e. The lowest BCUT2D eigenvalue weighted by Crippen LogP contribution is -2.38. The van der Waals surface area contributed by atoms with Gasteiger partial charge in [0.25, 0.3) is 0 Å². The molecule has 1 aliphatic heterocycles. The summed E-state index contributed by atoms with van der Waals surface area (Å²) in [5.74, 6) is -5.18. The Bertz CT molecular complexity index is 1060. The first-order chi connectivity index (χ1) is 15.7. The molecule has 0 saturated carbocycles. The maximum Gasteiger partial charge on any atom is 0.406 e. The molecule has 9 nitrogen and oxygen atoms in total. The van der Waals surface area contributed by atoms with E-state index >= 15 is 0 Å². The van der Waals surface area contributed by atoms with Crippen LogP contribution in [0.3, 0.4) is 0 Å². The van der Waals surface area contributed by atoms with E-state index in [9.17, 15) is 32.3 Å². The number of halogens is 3. The van der Waals surface area contributed by atoms with Crippen molar-refractivity contribution in [3.63, 3.8) is 0 Å². The standard InChI is InChI=1S/C22H25F3N2O7/c1-10-7-14(13(4)27(10)9-22(23,24)25)15(28)8-34-21(31)18-16(19(29)32-5)11(2)26-12(3)17(18)20(30)33-6/h7,18,26H,8-9H2,1-6H3. The molecular weight excluding hydrogens is 461 g/mol. The summed E-state index contributed by atoms with van der Waals surface area (Å²) in [6, 6.07) is 1.27. The molecule has 0 aromatic carbocycles. The second-order valence-electron chi connectivity index (χ2n) is 7.64. The molecule has 0 spiro atoms. The van der Waals surface area contributed by atoms with E-state index in [1.165, 1.54) is 33.8 Å². The van der Waals surface area contributed by atoms with E-state index in [1.807, 2.05) is 0 Å². The van der Waals surface area contributed by atoms with Crippen LogP contribution in [0.5, 0.6) is 0 Å². The van der Waals surface area contributed by atoms with Crippen LogP contribution >= 0.6 is 0 Å². The number of carbonyl (C=O) groups excluding carboxylic acids is 4. The topological polar surface area (TPSA) is 113 Å². The van der Waals surface area contributed by atoms with Gasteiger partial charge in [-0.1, -0.05) is 0 Å². The Morgan fingerprint density at radius 2 is 1.47 bits per heavy atom. The number of nitrogens with zero attached hydrogens (tertiary/aromatic N) is 1. The SMILES string of the molecule is COC(=O)C1=C(C)NC(C)=C(C(=O)OC)C1C(=O)OCC(=O)c1cc(C)n(CC(F)(F)F)c1C. The fraction of sp³-hybridized carbons (Fsp3) is 0.455. The predicted octanol–water partition coefficient (Wildman–Crippen LogP) is 2.51. The van der Waals surface area contributed by atoms with Crippen LogP contribution in [-0.2, 0) is 35.1 Å². The molecule has 12 heteroatoms. The largest absolute Gasteiger partial charge is 0.466 e. The molecule has 0 unspecified atom stereocenters. The van der Waals surface area contributed by atoms with Crippen molar-refractivity contribution < 1.29 is 46.6 Å². The summed E-state index contributed by atoms with van der Waals surface area (Å²) in [6.07, 6.45) is -4.49. The summed E-state index contributed by atoms with van der Waals surface area (Å²) in [6.45, 7) is 3.66. The zero-order chi connectivity index (χ0) is 26.0. The number of methoxy groups -OCH3 is 2. The monoisotopic (exact) mass is 486 g/mol. The Kier molecular flexibility index (Phi) is 7.96. The molecular formula is C22H25F3N2O7. The van der Waals surface area contributed by atoms with Crippen LogP contribution in [0.2, 0.25) is 0 Å². The Hall–Kier alpha value is -3.57. The highest BCUT2D eigenvalue weighted by Gasteiger charge is 2.42. The first-order valence-corrected chi connectivity index (χ1v) is 10.0. The Morgan fingerprint density at radius 1 is 0.971 bits per heavy atom. The van der Waals surface area contributed by atoms with Gasteiger partial charge in [-0.3, -0.25) is 9.59 Å². The van der Waals surface area contributed by atoms with Crippen LogP contribution < -0.4 is 5.32 Å². The minimum atomic E-state index is -4.49. The highest BCUT2D eigenvalue weighted by Crippen LogP contribution is 2.32. The molecule has 0 amide bonds. The lowest BCUT2D eigenvalue weighted by atomic mass is 9.85. The molecule has 0 radical (unpaired) electrons. The number of alkyl halides is 3. The van der Waals surface area contributed by atoms with Crippen LogP contribution in [0.25, 0.3) is 0 Å². The quantitative estimate of drug-likeness (QED) is 0.356. The molecule has 0 atom stereocenters. The maximum absolute atomic E-state index is 13.0. The zero-order valence-corrected chi connectivity index (χ0v) is 19.5. The summed E-state index contributed by atoms with van der Waals surface area (Å²) in [5.41, 5.74) is 0.306. The highest BCUT2D eigenvalue weighted by atomic mass is 19.4. The van der Waals surface area contributed by atoms with Crippen molar-refractivity contribution >= 4 is 23.7 Å². The number of aryl methyl sites for hydroxylation is 1. The van der Waals surface area contributed by atoms with Crippen molar-refractivity contribution in [2.24, 2.45) is 5.92 Å². The van der Waals surface area contributed by atoms with Crippen LogP contribution in [0, 0.1) is 19.8 Å². The first kappa shape index (κ1) is 26.7. The lowest BCUT2D eigenvalue weighted by molar-refractivity contribution is -0.150. The summed E-state index contributed by atoms with van der Waals surface area (Å²) < 4.78 is 54.0. The lowest BCUT2D eigenvalue weighted by Gasteiger charge is -2.28. The molecule has 1 aliphatic rings. The second-order valence-corrected chi connectivity index (χ2v) is 7.64. The zero-order valence-electron chi connectivity index (χ0n) is 19.5. The summed E-state index contributed by atoms with van der Waals surface area (Å²) >= 11 is 0. The van der Waals surface area contributed by atoms with Crippen LogP contribution in [0.4, 0.5) is 13.2 Å². The normalized spacial score (nSPS) is 14.6. The number of Topliss-reactive ketones (excluding diaryl/α,β-unsaturated/α-hetero) is 1. The number of aromatic nitrogens is 1. The van der Waals surface area contributed by atoms with Gasteiger partial charge in [-0.25, -0.2) is 9.59 Å². The molecule has 2 rings (SSSR count). The minimum absolute atomic E-state index is 0.0420. The number of ether oxygens (including phenoxy) is 3. The van der Waals surface area contributed by atoms with Crippen molar-refractivity contribution in [2.45, 2.75) is 40.4 Å². The van der Waals surface area contributed by atoms with Crippen LogP contribution in [0.15, 0.2) is 28.6 Å². The van der Waals surface area contributed by atoms with Gasteiger partial charge in [0.05, 0.1) is 25.4 Å². The smallest absolute Gasteiger partial charge is 0.406 e. The van der Waals surface area contributed by atoms with Gasteiger partial charge in [0, 0.05) is 28.3 Å². The maximum atomic E-state index is 13.0. The van der Waals surface area contributed by atoms with Crippen LogP contribution in [0.1, 0.15) is 35.6 Å². The summed E-state index contributed by atoms with van der Waals surface area (Å²) in [5, 5.41) is 2.81. The van der Waals surface area contributed by atoms with Crippen LogP contribution in [-0.4, -0.2) is 55.3 Å². The number of allylic oxidation sites excluding steroid dienone is 2. The first-order valence-electron chi connectivity index (χ1n) is 10.0. The summed E-state index contributed by atoms with van der Waals surface area (Å²) in [4.78, 5) is 50.4. The van der Waals surface area contributed by atoms with Crippen molar-refractivity contribution in [1.29, 1.82) is 0 Å². The average molecular weight is 486 g/mol. The molecule has 0 bridgehead atoms. The van der Waals surface area contributed by atoms with Gasteiger partial charge in [-0.15, -0.1) is 0 Å². The van der Waals surface area contributed by atoms with E-state index in [1.54, 1.807) is 0 Å². The molecule has 0 saturated heterocycles. The van der Waals surface area contributed by atoms with Crippen molar-refractivity contribution in [3.8, 4) is 0 Å². The van der Waals surface area contributed by atoms with Gasteiger partial charge >= 0.3 is 24.1 Å². The molecule has 1 N–H and O–H groups in total. The molecule has 0 fully saturated rings. The third-order valence-electron chi connectivity index (χ3n) is 5.36. The number of hydrogen-bond acceptors (Lipinski definition) is 8. The van der Waals surface area contributed by atoms with Gasteiger partial charge in [0.1, 0.15) is 12.5 Å². The number of dihydropyridines is 1. The van der Waals surface area contributed by atoms with Gasteiger partial charge < -0.3 is 24.1 Å². The average Bonchev–Trinajstić information content (AvgIpc) is 3.02. The third-order valence-corrected chi connectivity index (χ3v) is 5.36. The Labute approximate surface area is 193 Å². The number of rotatable bonds is 7. The Balaban J connectivity index is 2.33. The van der Waals surface area contributed by atoms with Crippen molar-refractivity contribution in [3.05, 3.63) is 45.6 Å². The molecule has 1 aromatic heterocycles.